The first kappa shape index (κ1) is 19.1. The van der Waals surface area contributed by atoms with Crippen LogP contribution in [0.3, 0.4) is 0 Å². The van der Waals surface area contributed by atoms with Crippen molar-refractivity contribution in [1.82, 2.24) is 14.8 Å². The smallest absolute Gasteiger partial charge is 0.191 e. The minimum atomic E-state index is -2.97. The van der Waals surface area contributed by atoms with Crippen LogP contribution >= 0.6 is 11.8 Å². The van der Waals surface area contributed by atoms with Gasteiger partial charge in [-0.05, 0) is 44.4 Å². The Labute approximate surface area is 158 Å². The molecular formula is C18H23N3O3S2. The van der Waals surface area contributed by atoms with Gasteiger partial charge in [-0.25, -0.2) is 8.42 Å². The van der Waals surface area contributed by atoms with Crippen LogP contribution in [0.15, 0.2) is 23.4 Å². The molecule has 1 fully saturated rings. The molecule has 0 amide bonds. The predicted octanol–water partition coefficient (Wildman–Crippen LogP) is 2.70. The summed E-state index contributed by atoms with van der Waals surface area (Å²) in [6.07, 6.45) is 0.579. The fraction of sp³-hybridized carbons (Fsp3) is 0.500. The van der Waals surface area contributed by atoms with E-state index in [4.69, 9.17) is 0 Å². The number of carbonyl (C=O) groups is 1. The molecule has 8 heteroatoms. The van der Waals surface area contributed by atoms with Gasteiger partial charge in [0.1, 0.15) is 5.82 Å². The van der Waals surface area contributed by atoms with Crippen LogP contribution in [0.1, 0.15) is 46.6 Å². The third-order valence-electron chi connectivity index (χ3n) is 4.91. The molecule has 2 atom stereocenters. The number of aromatic nitrogens is 3. The molecule has 0 bridgehead atoms. The van der Waals surface area contributed by atoms with E-state index in [9.17, 15) is 13.2 Å². The van der Waals surface area contributed by atoms with E-state index in [1.807, 2.05) is 50.6 Å². The summed E-state index contributed by atoms with van der Waals surface area (Å²) < 4.78 is 25.2. The number of sulfone groups is 1. The fourth-order valence-electron chi connectivity index (χ4n) is 3.12. The summed E-state index contributed by atoms with van der Waals surface area (Å²) in [6.45, 7) is 5.87. The van der Waals surface area contributed by atoms with E-state index in [2.05, 4.69) is 10.2 Å². The van der Waals surface area contributed by atoms with Crippen LogP contribution in [0.5, 0.6) is 0 Å². The van der Waals surface area contributed by atoms with Crippen molar-refractivity contribution in [3.05, 3.63) is 40.7 Å². The number of Topliss-reactive ketones (excluding diaryl/α,β-unsaturated/α-hetero) is 1. The molecule has 2 unspecified atom stereocenters. The fourth-order valence-corrected chi connectivity index (χ4v) is 5.76. The van der Waals surface area contributed by atoms with E-state index in [0.717, 1.165) is 11.1 Å². The van der Waals surface area contributed by atoms with E-state index < -0.39 is 9.84 Å². The molecule has 1 aromatic carbocycles. The van der Waals surface area contributed by atoms with Gasteiger partial charge in [-0.1, -0.05) is 23.9 Å². The van der Waals surface area contributed by atoms with Crippen LogP contribution in [0, 0.1) is 13.8 Å². The van der Waals surface area contributed by atoms with Gasteiger partial charge in [-0.3, -0.25) is 4.79 Å². The number of rotatable bonds is 5. The highest BCUT2D eigenvalue weighted by atomic mass is 32.2. The maximum Gasteiger partial charge on any atom is 0.191 e. The Morgan fingerprint density at radius 2 is 2.00 bits per heavy atom. The lowest BCUT2D eigenvalue weighted by Gasteiger charge is -2.12. The monoisotopic (exact) mass is 393 g/mol. The van der Waals surface area contributed by atoms with Gasteiger partial charge in [0.25, 0.3) is 0 Å². The van der Waals surface area contributed by atoms with Gasteiger partial charge in [0, 0.05) is 18.5 Å². The average Bonchev–Trinajstić information content (AvgIpc) is 3.12. The summed E-state index contributed by atoms with van der Waals surface area (Å²) in [6, 6.07) is 5.73. The lowest BCUT2D eigenvalue weighted by Crippen LogP contribution is -2.15. The number of carbonyl (C=O) groups excluding carboxylic acids is 1. The third kappa shape index (κ3) is 3.86. The number of hydrogen-bond donors (Lipinski definition) is 0. The Morgan fingerprint density at radius 3 is 2.62 bits per heavy atom. The van der Waals surface area contributed by atoms with Crippen molar-refractivity contribution >= 4 is 27.4 Å². The van der Waals surface area contributed by atoms with Crippen molar-refractivity contribution < 1.29 is 13.2 Å². The highest BCUT2D eigenvalue weighted by molar-refractivity contribution is 8.00. The first-order valence-corrected chi connectivity index (χ1v) is 11.3. The number of thioether (sulfide) groups is 1. The van der Waals surface area contributed by atoms with E-state index in [1.54, 1.807) is 0 Å². The van der Waals surface area contributed by atoms with Crippen molar-refractivity contribution in [2.45, 2.75) is 43.5 Å². The molecule has 3 rings (SSSR count). The zero-order chi connectivity index (χ0) is 19.1. The molecule has 26 heavy (non-hydrogen) atoms. The lowest BCUT2D eigenvalue weighted by molar-refractivity contribution is 0.0993. The molecule has 140 valence electrons. The van der Waals surface area contributed by atoms with Crippen LogP contribution < -0.4 is 0 Å². The molecule has 2 heterocycles. The third-order valence-corrected chi connectivity index (χ3v) is 7.81. The van der Waals surface area contributed by atoms with Gasteiger partial charge >= 0.3 is 0 Å². The summed E-state index contributed by atoms with van der Waals surface area (Å²) >= 11 is 1.35. The van der Waals surface area contributed by atoms with Gasteiger partial charge in [-0.15, -0.1) is 10.2 Å². The predicted molar refractivity (Wildman–Crippen MR) is 103 cm³/mol. The molecule has 1 aliphatic rings. The van der Waals surface area contributed by atoms with Crippen LogP contribution in [-0.2, 0) is 16.9 Å². The van der Waals surface area contributed by atoms with Crippen molar-refractivity contribution in [2.24, 2.45) is 7.05 Å². The van der Waals surface area contributed by atoms with Crippen LogP contribution in [0.4, 0.5) is 0 Å². The Balaban J connectivity index is 1.74. The highest BCUT2D eigenvalue weighted by Gasteiger charge is 2.33. The molecular weight excluding hydrogens is 370 g/mol. The van der Waals surface area contributed by atoms with Crippen molar-refractivity contribution in [2.75, 3.05) is 11.5 Å². The van der Waals surface area contributed by atoms with Crippen LogP contribution in [0.2, 0.25) is 0 Å². The van der Waals surface area contributed by atoms with E-state index in [0.29, 0.717) is 23.0 Å². The SMILES string of the molecule is Cc1ccc(C(=O)C(C)Sc2nnc(C3CCS(=O)(=O)C3)n2C)cc1C. The van der Waals surface area contributed by atoms with Gasteiger partial charge < -0.3 is 4.57 Å². The molecule has 2 aromatic rings. The van der Waals surface area contributed by atoms with E-state index in [1.165, 1.54) is 11.8 Å². The first-order chi connectivity index (χ1) is 12.2. The highest BCUT2D eigenvalue weighted by Crippen LogP contribution is 2.31. The Bertz CT molecular complexity index is 951. The summed E-state index contributed by atoms with van der Waals surface area (Å²) in [5.41, 5.74) is 2.94. The van der Waals surface area contributed by atoms with Crippen molar-refractivity contribution in [1.29, 1.82) is 0 Å². The van der Waals surface area contributed by atoms with E-state index in [-0.39, 0.29) is 28.5 Å². The molecule has 0 aliphatic carbocycles. The second-order valence-corrected chi connectivity index (χ2v) is 10.5. The number of aryl methyl sites for hydroxylation is 2. The standard InChI is InChI=1S/C18H23N3O3S2/c1-11-5-6-14(9-12(11)2)16(22)13(3)25-18-20-19-17(21(18)4)15-7-8-26(23,24)10-15/h5-6,9,13,15H,7-8,10H2,1-4H3. The normalized spacial score (nSPS) is 20.2. The summed E-state index contributed by atoms with van der Waals surface area (Å²) in [5, 5.41) is 8.70. The maximum atomic E-state index is 12.7. The maximum absolute atomic E-state index is 12.7. The molecule has 0 saturated carbocycles. The van der Waals surface area contributed by atoms with Crippen molar-refractivity contribution in [3.8, 4) is 0 Å². The number of benzene rings is 1. The number of ketones is 1. The molecule has 1 saturated heterocycles. The van der Waals surface area contributed by atoms with Crippen LogP contribution in [-0.4, -0.2) is 45.7 Å². The molecule has 6 nitrogen and oxygen atoms in total. The van der Waals surface area contributed by atoms with Gasteiger partial charge in [0.2, 0.25) is 0 Å². The number of nitrogens with zero attached hydrogens (tertiary/aromatic N) is 3. The zero-order valence-electron chi connectivity index (χ0n) is 15.4. The zero-order valence-corrected chi connectivity index (χ0v) is 17.0. The largest absolute Gasteiger partial charge is 0.309 e. The summed E-state index contributed by atoms with van der Waals surface area (Å²) in [7, 11) is -1.14. The van der Waals surface area contributed by atoms with Gasteiger partial charge in [0.15, 0.2) is 20.8 Å². The Hall–Kier alpha value is -1.67. The first-order valence-electron chi connectivity index (χ1n) is 8.56. The minimum absolute atomic E-state index is 0.0473. The van der Waals surface area contributed by atoms with Gasteiger partial charge in [0.05, 0.1) is 16.8 Å². The second kappa shape index (κ2) is 7.15. The average molecular weight is 394 g/mol. The molecule has 0 spiro atoms. The van der Waals surface area contributed by atoms with Gasteiger partial charge in [-0.2, -0.15) is 0 Å². The lowest BCUT2D eigenvalue weighted by atomic mass is 10.0. The summed E-state index contributed by atoms with van der Waals surface area (Å²) in [5.74, 6) is 0.943. The molecule has 0 N–H and O–H groups in total. The Kier molecular flexibility index (Phi) is 5.25. The van der Waals surface area contributed by atoms with Crippen molar-refractivity contribution in [3.63, 3.8) is 0 Å². The molecule has 0 radical (unpaired) electrons. The van der Waals surface area contributed by atoms with E-state index >= 15 is 0 Å². The summed E-state index contributed by atoms with van der Waals surface area (Å²) in [4.78, 5) is 12.7. The second-order valence-electron chi connectivity index (χ2n) is 6.92. The topological polar surface area (TPSA) is 81.9 Å². The minimum Gasteiger partial charge on any atom is -0.309 e. The number of hydrogen-bond acceptors (Lipinski definition) is 6. The van der Waals surface area contributed by atoms with Crippen LogP contribution in [0.25, 0.3) is 0 Å². The molecule has 1 aromatic heterocycles. The molecule has 1 aliphatic heterocycles. The quantitative estimate of drug-likeness (QED) is 0.574. The Morgan fingerprint density at radius 1 is 1.27 bits per heavy atom.